The average Bonchev–Trinajstić information content (AvgIpc) is 3.07. The van der Waals surface area contributed by atoms with Gasteiger partial charge in [0.2, 0.25) is 5.91 Å². The van der Waals surface area contributed by atoms with Gasteiger partial charge in [0.15, 0.2) is 0 Å². The van der Waals surface area contributed by atoms with E-state index in [1.54, 1.807) is 18.2 Å². The number of nitrogens with one attached hydrogen (secondary N) is 2. The number of fused-ring (bicyclic) bond motifs is 1. The number of amides is 1. The number of benzene rings is 2. The molecule has 0 aliphatic carbocycles. The molecule has 1 heterocycles. The van der Waals surface area contributed by atoms with Crippen LogP contribution in [0.15, 0.2) is 48.7 Å². The molecular formula is C21H22ClN3O3. The van der Waals surface area contributed by atoms with Crippen molar-refractivity contribution in [1.82, 2.24) is 10.3 Å². The maximum Gasteiger partial charge on any atom is 0.270 e. The first kappa shape index (κ1) is 19.9. The molecule has 7 heteroatoms. The lowest BCUT2D eigenvalue weighted by Gasteiger charge is -2.18. The van der Waals surface area contributed by atoms with Gasteiger partial charge >= 0.3 is 0 Å². The van der Waals surface area contributed by atoms with Crippen LogP contribution in [0.1, 0.15) is 37.3 Å². The second kappa shape index (κ2) is 8.44. The van der Waals surface area contributed by atoms with Crippen LogP contribution in [0.25, 0.3) is 10.9 Å². The van der Waals surface area contributed by atoms with E-state index in [9.17, 15) is 14.9 Å². The summed E-state index contributed by atoms with van der Waals surface area (Å²) in [6.45, 7) is 4.67. The molecule has 28 heavy (non-hydrogen) atoms. The number of aromatic amines is 1. The smallest absolute Gasteiger partial charge is 0.270 e. The van der Waals surface area contributed by atoms with E-state index < -0.39 is 4.92 Å². The van der Waals surface area contributed by atoms with Crippen molar-refractivity contribution in [1.29, 1.82) is 0 Å². The van der Waals surface area contributed by atoms with Crippen LogP contribution in [0.4, 0.5) is 5.69 Å². The molecule has 3 rings (SSSR count). The second-order valence-corrected chi connectivity index (χ2v) is 7.68. The van der Waals surface area contributed by atoms with E-state index in [4.69, 9.17) is 11.6 Å². The van der Waals surface area contributed by atoms with Crippen LogP contribution in [0, 0.1) is 16.0 Å². The highest BCUT2D eigenvalue weighted by atomic mass is 35.5. The third-order valence-corrected chi connectivity index (χ3v) is 4.87. The summed E-state index contributed by atoms with van der Waals surface area (Å²) < 4.78 is 0. The predicted molar refractivity (Wildman–Crippen MR) is 111 cm³/mol. The normalized spacial score (nSPS) is 12.3. The fourth-order valence-electron chi connectivity index (χ4n) is 3.24. The lowest BCUT2D eigenvalue weighted by molar-refractivity contribution is -0.384. The Hall–Kier alpha value is -2.86. The number of H-pyrrole nitrogens is 1. The van der Waals surface area contributed by atoms with Crippen molar-refractivity contribution in [3.8, 4) is 0 Å². The molecule has 2 N–H and O–H groups in total. The molecule has 1 amide bonds. The van der Waals surface area contributed by atoms with Gasteiger partial charge in [0.25, 0.3) is 5.69 Å². The van der Waals surface area contributed by atoms with E-state index >= 15 is 0 Å². The summed E-state index contributed by atoms with van der Waals surface area (Å²) >= 11 is 6.18. The fourth-order valence-corrected chi connectivity index (χ4v) is 3.44. The number of halogens is 1. The number of carbonyl (C=O) groups excluding carboxylic acids is 1. The van der Waals surface area contributed by atoms with Crippen molar-refractivity contribution >= 4 is 34.1 Å². The van der Waals surface area contributed by atoms with Crippen molar-refractivity contribution in [2.45, 2.75) is 26.2 Å². The minimum absolute atomic E-state index is 0.0162. The Morgan fingerprint density at radius 2 is 2.04 bits per heavy atom. The number of hydrogen-bond acceptors (Lipinski definition) is 3. The van der Waals surface area contributed by atoms with Gasteiger partial charge in [-0.3, -0.25) is 14.9 Å². The summed E-state index contributed by atoms with van der Waals surface area (Å²) in [5.74, 6) is 0.00406. The molecule has 0 saturated heterocycles. The molecule has 6 nitrogen and oxygen atoms in total. The number of non-ortho nitro benzene ring substituents is 1. The summed E-state index contributed by atoms with van der Waals surface area (Å²) in [6.07, 6.45) is 2.04. The van der Waals surface area contributed by atoms with Gasteiger partial charge in [-0.15, -0.1) is 0 Å². The Morgan fingerprint density at radius 1 is 1.25 bits per heavy atom. The minimum Gasteiger partial charge on any atom is -0.361 e. The van der Waals surface area contributed by atoms with Crippen molar-refractivity contribution in [3.63, 3.8) is 0 Å². The molecule has 0 radical (unpaired) electrons. The van der Waals surface area contributed by atoms with Crippen LogP contribution in [0.3, 0.4) is 0 Å². The number of nitro groups is 1. The Morgan fingerprint density at radius 3 is 2.71 bits per heavy atom. The number of carbonyl (C=O) groups is 1. The lowest BCUT2D eigenvalue weighted by atomic mass is 9.88. The van der Waals surface area contributed by atoms with Crippen LogP contribution in [-0.2, 0) is 4.79 Å². The highest BCUT2D eigenvalue weighted by Crippen LogP contribution is 2.35. The molecule has 3 aromatic rings. The summed E-state index contributed by atoms with van der Waals surface area (Å²) in [4.78, 5) is 26.5. The number of aromatic nitrogens is 1. The van der Waals surface area contributed by atoms with Gasteiger partial charge in [0.1, 0.15) is 0 Å². The van der Waals surface area contributed by atoms with Crippen molar-refractivity contribution in [2.24, 2.45) is 5.92 Å². The first-order valence-electron chi connectivity index (χ1n) is 9.12. The summed E-state index contributed by atoms with van der Waals surface area (Å²) in [7, 11) is 0. The summed E-state index contributed by atoms with van der Waals surface area (Å²) in [5, 5.41) is 15.5. The van der Waals surface area contributed by atoms with Crippen LogP contribution in [0.5, 0.6) is 0 Å². The number of hydrogen-bond donors (Lipinski definition) is 2. The highest BCUT2D eigenvalue weighted by Gasteiger charge is 2.23. The molecular weight excluding hydrogens is 378 g/mol. The zero-order valence-electron chi connectivity index (χ0n) is 15.7. The second-order valence-electron chi connectivity index (χ2n) is 7.24. The number of nitrogens with zero attached hydrogens (tertiary/aromatic N) is 1. The molecule has 0 saturated carbocycles. The molecule has 1 atom stereocenters. The Balaban J connectivity index is 2.03. The molecule has 2 aromatic carbocycles. The third-order valence-electron chi connectivity index (χ3n) is 4.63. The van der Waals surface area contributed by atoms with Gasteiger partial charge in [-0.05, 0) is 35.2 Å². The van der Waals surface area contributed by atoms with Crippen LogP contribution < -0.4 is 5.32 Å². The predicted octanol–water partition coefficient (Wildman–Crippen LogP) is 5.02. The van der Waals surface area contributed by atoms with Gasteiger partial charge in [-0.2, -0.15) is 0 Å². The van der Waals surface area contributed by atoms with Crippen LogP contribution in [-0.4, -0.2) is 22.4 Å². The number of rotatable bonds is 7. The SMILES string of the molecule is CC(C)CNC(=O)C[C@@H](c1cccc(Cl)c1)c1c[nH]c2ccc([N+](=O)[O-])cc12. The molecule has 0 aliphatic rings. The number of nitro benzene ring substituents is 1. The molecule has 1 aromatic heterocycles. The van der Waals surface area contributed by atoms with Gasteiger partial charge in [0, 0.05) is 53.1 Å². The minimum atomic E-state index is -0.417. The Kier molecular flexibility index (Phi) is 5.99. The Labute approximate surface area is 168 Å². The van der Waals surface area contributed by atoms with Crippen molar-refractivity contribution < 1.29 is 9.72 Å². The highest BCUT2D eigenvalue weighted by molar-refractivity contribution is 6.30. The first-order chi connectivity index (χ1) is 13.3. The average molecular weight is 400 g/mol. The maximum absolute atomic E-state index is 12.6. The molecule has 0 unspecified atom stereocenters. The van der Waals surface area contributed by atoms with Gasteiger partial charge < -0.3 is 10.3 Å². The molecule has 0 fully saturated rings. The fraction of sp³-hybridized carbons (Fsp3) is 0.286. The first-order valence-corrected chi connectivity index (χ1v) is 9.50. The van der Waals surface area contributed by atoms with E-state index in [-0.39, 0.29) is 23.9 Å². The quantitative estimate of drug-likeness (QED) is 0.431. The van der Waals surface area contributed by atoms with Crippen LogP contribution in [0.2, 0.25) is 5.02 Å². The van der Waals surface area contributed by atoms with E-state index in [1.807, 2.05) is 38.2 Å². The zero-order chi connectivity index (χ0) is 20.3. The van der Waals surface area contributed by atoms with E-state index in [0.717, 1.165) is 22.0 Å². The molecule has 0 aliphatic heterocycles. The largest absolute Gasteiger partial charge is 0.361 e. The van der Waals surface area contributed by atoms with E-state index in [2.05, 4.69) is 10.3 Å². The van der Waals surface area contributed by atoms with Crippen molar-refractivity contribution in [3.05, 3.63) is 74.9 Å². The van der Waals surface area contributed by atoms with Gasteiger partial charge in [-0.1, -0.05) is 37.6 Å². The topological polar surface area (TPSA) is 88.0 Å². The van der Waals surface area contributed by atoms with Crippen LogP contribution >= 0.6 is 11.6 Å². The van der Waals surface area contributed by atoms with E-state index in [0.29, 0.717) is 17.5 Å². The monoisotopic (exact) mass is 399 g/mol. The summed E-state index contributed by atoms with van der Waals surface area (Å²) in [5.41, 5.74) is 2.53. The van der Waals surface area contributed by atoms with Gasteiger partial charge in [0.05, 0.1) is 4.92 Å². The molecule has 146 valence electrons. The molecule has 0 spiro atoms. The molecule has 0 bridgehead atoms. The van der Waals surface area contributed by atoms with Crippen molar-refractivity contribution in [2.75, 3.05) is 6.54 Å². The maximum atomic E-state index is 12.6. The third kappa shape index (κ3) is 4.51. The van der Waals surface area contributed by atoms with E-state index in [1.165, 1.54) is 6.07 Å². The standard InChI is InChI=1S/C21H22ClN3O3/c1-13(2)11-24-21(26)10-17(14-4-3-5-15(22)8-14)19-12-23-20-7-6-16(25(27)28)9-18(19)20/h3-9,12-13,17,23H,10-11H2,1-2H3,(H,24,26)/t17-/m0/s1. The lowest BCUT2D eigenvalue weighted by Crippen LogP contribution is -2.28. The Bertz CT molecular complexity index is 1010. The summed E-state index contributed by atoms with van der Waals surface area (Å²) in [6, 6.07) is 12.1. The van der Waals surface area contributed by atoms with Gasteiger partial charge in [-0.25, -0.2) is 0 Å². The zero-order valence-corrected chi connectivity index (χ0v) is 16.5.